The molecular weight excluding hydrogens is 631 g/mol. The SMILES string of the molecule is CC[C@H](C)[C@H](N)C(=O)N[C@@H](CCSC(c1ccccc1)(c1ccccc1)c1ccccc1)C(=O)N[C@H](C(=O)OC1CCCCC1)[C@@H](C)CC. The number of hydrogen-bond donors (Lipinski definition) is 3. The molecule has 2 amide bonds. The number of carbonyl (C=O) groups is 3. The zero-order valence-corrected chi connectivity index (χ0v) is 30.4. The third kappa shape index (κ3) is 9.98. The second-order valence-corrected chi connectivity index (χ2v) is 14.8. The van der Waals surface area contributed by atoms with Gasteiger partial charge in [-0.15, -0.1) is 11.8 Å². The summed E-state index contributed by atoms with van der Waals surface area (Å²) in [5.41, 5.74) is 9.69. The Hall–Kier alpha value is -3.62. The smallest absolute Gasteiger partial charge is 0.329 e. The highest BCUT2D eigenvalue weighted by Crippen LogP contribution is 2.48. The van der Waals surface area contributed by atoms with E-state index < -0.39 is 34.7 Å². The minimum atomic E-state index is -0.899. The molecule has 1 saturated carbocycles. The number of nitrogens with one attached hydrogen (secondary N) is 2. The van der Waals surface area contributed by atoms with Crippen molar-refractivity contribution in [3.05, 3.63) is 108 Å². The number of thioether (sulfide) groups is 1. The van der Waals surface area contributed by atoms with Crippen LogP contribution in [0.4, 0.5) is 0 Å². The molecule has 49 heavy (non-hydrogen) atoms. The van der Waals surface area contributed by atoms with Gasteiger partial charge in [-0.3, -0.25) is 9.59 Å². The first-order chi connectivity index (χ1) is 23.7. The molecule has 0 unspecified atom stereocenters. The molecule has 3 aromatic rings. The van der Waals surface area contributed by atoms with Gasteiger partial charge in [-0.25, -0.2) is 4.79 Å². The summed E-state index contributed by atoms with van der Waals surface area (Å²) in [6.45, 7) is 7.87. The van der Waals surface area contributed by atoms with Gasteiger partial charge in [-0.05, 0) is 66.4 Å². The molecule has 0 radical (unpaired) electrons. The maximum absolute atomic E-state index is 14.1. The molecule has 8 heteroatoms. The fourth-order valence-corrected chi connectivity index (χ4v) is 8.06. The second-order valence-electron chi connectivity index (χ2n) is 13.5. The van der Waals surface area contributed by atoms with Gasteiger partial charge in [0.15, 0.2) is 0 Å². The van der Waals surface area contributed by atoms with Crippen LogP contribution in [0.2, 0.25) is 0 Å². The molecule has 0 spiro atoms. The molecule has 1 aliphatic carbocycles. The molecule has 4 N–H and O–H groups in total. The molecular formula is C41H55N3O4S. The Balaban J connectivity index is 1.63. The van der Waals surface area contributed by atoms with Crippen molar-refractivity contribution in [2.45, 2.75) is 108 Å². The number of esters is 1. The molecule has 0 heterocycles. The summed E-state index contributed by atoms with van der Waals surface area (Å²) in [5, 5.41) is 5.99. The van der Waals surface area contributed by atoms with Crippen LogP contribution in [0.25, 0.3) is 0 Å². The van der Waals surface area contributed by atoms with E-state index in [1.54, 1.807) is 11.8 Å². The van der Waals surface area contributed by atoms with Gasteiger partial charge in [0, 0.05) is 0 Å². The average molecular weight is 686 g/mol. The molecule has 0 saturated heterocycles. The van der Waals surface area contributed by atoms with E-state index in [9.17, 15) is 14.4 Å². The van der Waals surface area contributed by atoms with E-state index in [0.29, 0.717) is 18.6 Å². The van der Waals surface area contributed by atoms with Crippen molar-refractivity contribution >= 4 is 29.5 Å². The van der Waals surface area contributed by atoms with Gasteiger partial charge in [-0.1, -0.05) is 138 Å². The number of rotatable bonds is 17. The number of hydrogen-bond acceptors (Lipinski definition) is 6. The number of ether oxygens (including phenoxy) is 1. The Morgan fingerprint density at radius 3 is 1.71 bits per heavy atom. The average Bonchev–Trinajstić information content (AvgIpc) is 3.15. The fourth-order valence-electron chi connectivity index (χ4n) is 6.49. The van der Waals surface area contributed by atoms with Gasteiger partial charge in [0.2, 0.25) is 11.8 Å². The first-order valence-corrected chi connectivity index (χ1v) is 19.1. The monoisotopic (exact) mass is 685 g/mol. The summed E-state index contributed by atoms with van der Waals surface area (Å²) < 4.78 is 5.35. The lowest BCUT2D eigenvalue weighted by Crippen LogP contribution is -2.57. The highest BCUT2D eigenvalue weighted by molar-refractivity contribution is 8.00. The normalized spacial score (nSPS) is 16.8. The van der Waals surface area contributed by atoms with E-state index in [-0.39, 0.29) is 23.8 Å². The van der Waals surface area contributed by atoms with E-state index in [1.165, 1.54) is 0 Å². The number of benzene rings is 3. The number of nitrogens with two attached hydrogens (primary N) is 1. The van der Waals surface area contributed by atoms with Gasteiger partial charge in [-0.2, -0.15) is 0 Å². The van der Waals surface area contributed by atoms with E-state index in [0.717, 1.165) is 55.2 Å². The van der Waals surface area contributed by atoms with Crippen LogP contribution in [0.1, 0.15) is 95.8 Å². The van der Waals surface area contributed by atoms with Crippen molar-refractivity contribution in [1.29, 1.82) is 0 Å². The van der Waals surface area contributed by atoms with Crippen molar-refractivity contribution in [3.63, 3.8) is 0 Å². The van der Waals surface area contributed by atoms with Crippen molar-refractivity contribution < 1.29 is 19.1 Å². The first kappa shape index (κ1) is 38.2. The number of carbonyl (C=O) groups excluding carboxylic acids is 3. The Bertz CT molecular complexity index is 1350. The molecule has 0 aliphatic heterocycles. The van der Waals surface area contributed by atoms with Crippen LogP contribution in [-0.4, -0.2) is 47.8 Å². The highest BCUT2D eigenvalue weighted by Gasteiger charge is 2.38. The van der Waals surface area contributed by atoms with Crippen LogP contribution < -0.4 is 16.4 Å². The van der Waals surface area contributed by atoms with Crippen molar-refractivity contribution in [3.8, 4) is 0 Å². The third-order valence-corrected chi connectivity index (χ3v) is 11.6. The summed E-state index contributed by atoms with van der Waals surface area (Å²) in [4.78, 5) is 41.1. The minimum absolute atomic E-state index is 0.0571. The van der Waals surface area contributed by atoms with E-state index >= 15 is 0 Å². The fraction of sp³-hybridized carbons (Fsp3) is 0.488. The molecule has 7 nitrogen and oxygen atoms in total. The van der Waals surface area contributed by atoms with E-state index in [4.69, 9.17) is 10.5 Å². The van der Waals surface area contributed by atoms with Gasteiger partial charge in [0.05, 0.1) is 10.8 Å². The zero-order chi connectivity index (χ0) is 35.2. The lowest BCUT2D eigenvalue weighted by atomic mass is 9.84. The van der Waals surface area contributed by atoms with Crippen molar-refractivity contribution in [1.82, 2.24) is 10.6 Å². The largest absolute Gasteiger partial charge is 0.461 e. The van der Waals surface area contributed by atoms with E-state index in [1.807, 2.05) is 82.3 Å². The van der Waals surface area contributed by atoms with Gasteiger partial charge in [0.1, 0.15) is 18.2 Å². The predicted molar refractivity (Wildman–Crippen MR) is 200 cm³/mol. The van der Waals surface area contributed by atoms with Crippen LogP contribution >= 0.6 is 11.8 Å². The van der Waals surface area contributed by atoms with Crippen LogP contribution in [-0.2, 0) is 23.9 Å². The molecule has 1 fully saturated rings. The molecule has 4 rings (SSSR count). The number of amides is 2. The Labute approximate surface area is 297 Å². The quantitative estimate of drug-likeness (QED) is 0.101. The molecule has 5 atom stereocenters. The minimum Gasteiger partial charge on any atom is -0.461 e. The predicted octanol–water partition coefficient (Wildman–Crippen LogP) is 7.37. The third-order valence-electron chi connectivity index (χ3n) is 10.1. The molecule has 3 aromatic carbocycles. The molecule has 264 valence electrons. The van der Waals surface area contributed by atoms with Gasteiger partial charge >= 0.3 is 5.97 Å². The maximum atomic E-state index is 14.1. The molecule has 0 aromatic heterocycles. The summed E-state index contributed by atoms with van der Waals surface area (Å²) in [7, 11) is 0. The summed E-state index contributed by atoms with van der Waals surface area (Å²) >= 11 is 1.73. The molecule has 1 aliphatic rings. The Morgan fingerprint density at radius 2 is 1.24 bits per heavy atom. The van der Waals surface area contributed by atoms with Crippen molar-refractivity contribution in [2.75, 3.05) is 5.75 Å². The van der Waals surface area contributed by atoms with Crippen LogP contribution in [0.3, 0.4) is 0 Å². The maximum Gasteiger partial charge on any atom is 0.329 e. The lowest BCUT2D eigenvalue weighted by molar-refractivity contribution is -0.156. The van der Waals surface area contributed by atoms with Crippen molar-refractivity contribution in [2.24, 2.45) is 17.6 Å². The standard InChI is InChI=1S/C41H55N3O4S/c1-5-29(3)36(42)39(46)43-35(38(45)44-37(30(4)6-2)40(47)48-34-25-17-10-18-26-34)27-28-49-41(31-19-11-7-12-20-31,32-21-13-8-14-22-32)33-23-15-9-16-24-33/h7-9,11-16,19-24,29-30,34-37H,5-6,10,17-18,25-28,42H2,1-4H3,(H,43,46)(H,44,45)/t29-,30-,35-,36-,37-/m0/s1. The summed E-state index contributed by atoms with van der Waals surface area (Å²) in [6.07, 6.45) is 6.56. The topological polar surface area (TPSA) is 111 Å². The summed E-state index contributed by atoms with van der Waals surface area (Å²) in [5.74, 6) is -0.850. The lowest BCUT2D eigenvalue weighted by Gasteiger charge is -2.36. The van der Waals surface area contributed by atoms with E-state index in [2.05, 4.69) is 47.0 Å². The first-order valence-electron chi connectivity index (χ1n) is 18.1. The highest BCUT2D eigenvalue weighted by atomic mass is 32.2. The summed E-state index contributed by atoms with van der Waals surface area (Å²) in [6, 6.07) is 28.7. The zero-order valence-electron chi connectivity index (χ0n) is 29.6. The second kappa shape index (κ2) is 19.0. The van der Waals surface area contributed by atoms with Crippen LogP contribution in [0.15, 0.2) is 91.0 Å². The van der Waals surface area contributed by atoms with Crippen LogP contribution in [0.5, 0.6) is 0 Å². The van der Waals surface area contributed by atoms with Crippen LogP contribution in [0, 0.1) is 11.8 Å². The van der Waals surface area contributed by atoms with Gasteiger partial charge in [0.25, 0.3) is 0 Å². The van der Waals surface area contributed by atoms with Gasteiger partial charge < -0.3 is 21.1 Å². The molecule has 0 bridgehead atoms. The Kier molecular flexibility index (Phi) is 14.8. The Morgan fingerprint density at radius 1 is 0.755 bits per heavy atom.